The fourth-order valence-electron chi connectivity index (χ4n) is 3.94. The first-order valence-electron chi connectivity index (χ1n) is 9.28. The van der Waals surface area contributed by atoms with Gasteiger partial charge in [0.25, 0.3) is 0 Å². The summed E-state index contributed by atoms with van der Waals surface area (Å²) in [4.78, 5) is 17.3. The Balaban J connectivity index is 1.68. The van der Waals surface area contributed by atoms with Crippen molar-refractivity contribution in [3.8, 4) is 28.7 Å². The molecule has 0 radical (unpaired) electrons. The standard InChI is InChI=1S/C21H18ClN3O5/c1-27-15-7-14(18(28-2)20-19(15)29-10-30-20)13-8-16(26)24-21-17(13)23-9-25(21)12-5-3-4-11(22)6-12/h3-7,9,13H,8,10H2,1-2H3,(H,24,26). The summed E-state index contributed by atoms with van der Waals surface area (Å²) < 4.78 is 24.1. The number of fused-ring (bicyclic) bond motifs is 2. The molecule has 1 aromatic heterocycles. The first-order chi connectivity index (χ1) is 14.6. The Bertz CT molecular complexity index is 1160. The lowest BCUT2D eigenvalue weighted by atomic mass is 9.88. The van der Waals surface area contributed by atoms with Gasteiger partial charge < -0.3 is 24.3 Å². The number of nitrogens with zero attached hydrogens (tertiary/aromatic N) is 2. The maximum Gasteiger partial charge on any atom is 0.231 e. The second-order valence-corrected chi connectivity index (χ2v) is 7.34. The molecule has 1 N–H and O–H groups in total. The first-order valence-corrected chi connectivity index (χ1v) is 9.66. The topological polar surface area (TPSA) is 83.8 Å². The number of imidazole rings is 1. The molecule has 154 valence electrons. The fraction of sp³-hybridized carbons (Fsp3) is 0.238. The number of methoxy groups -OCH3 is 2. The van der Waals surface area contributed by atoms with Crippen LogP contribution in [0.3, 0.4) is 0 Å². The van der Waals surface area contributed by atoms with E-state index in [9.17, 15) is 4.79 Å². The van der Waals surface area contributed by atoms with E-state index in [0.717, 1.165) is 11.3 Å². The Morgan fingerprint density at radius 3 is 2.80 bits per heavy atom. The van der Waals surface area contributed by atoms with Crippen LogP contribution in [0.15, 0.2) is 36.7 Å². The summed E-state index contributed by atoms with van der Waals surface area (Å²) in [6.07, 6.45) is 1.88. The maximum absolute atomic E-state index is 12.6. The number of benzene rings is 2. The van der Waals surface area contributed by atoms with Crippen molar-refractivity contribution in [2.45, 2.75) is 12.3 Å². The molecule has 0 spiro atoms. The number of carbonyl (C=O) groups is 1. The van der Waals surface area contributed by atoms with E-state index in [4.69, 9.17) is 30.5 Å². The highest BCUT2D eigenvalue weighted by Crippen LogP contribution is 2.53. The minimum atomic E-state index is -0.354. The minimum Gasteiger partial charge on any atom is -0.493 e. The van der Waals surface area contributed by atoms with E-state index in [2.05, 4.69) is 10.3 Å². The Hall–Kier alpha value is -3.39. The van der Waals surface area contributed by atoms with Crippen molar-refractivity contribution in [3.63, 3.8) is 0 Å². The highest BCUT2D eigenvalue weighted by Gasteiger charge is 2.36. The highest BCUT2D eigenvalue weighted by atomic mass is 35.5. The van der Waals surface area contributed by atoms with Gasteiger partial charge in [-0.05, 0) is 24.3 Å². The fourth-order valence-corrected chi connectivity index (χ4v) is 4.12. The third-order valence-electron chi connectivity index (χ3n) is 5.25. The Morgan fingerprint density at radius 1 is 1.20 bits per heavy atom. The summed E-state index contributed by atoms with van der Waals surface area (Å²) >= 11 is 6.15. The molecule has 1 unspecified atom stereocenters. The predicted molar refractivity (Wildman–Crippen MR) is 109 cm³/mol. The van der Waals surface area contributed by atoms with Crippen LogP contribution in [0, 0.1) is 0 Å². The molecule has 2 aromatic carbocycles. The molecule has 2 aliphatic rings. The zero-order valence-electron chi connectivity index (χ0n) is 16.3. The van der Waals surface area contributed by atoms with Gasteiger partial charge in [0.15, 0.2) is 11.5 Å². The summed E-state index contributed by atoms with van der Waals surface area (Å²) in [5, 5.41) is 3.53. The molecule has 3 aromatic rings. The van der Waals surface area contributed by atoms with Crippen LogP contribution in [-0.4, -0.2) is 36.5 Å². The monoisotopic (exact) mass is 427 g/mol. The smallest absolute Gasteiger partial charge is 0.231 e. The average Bonchev–Trinajstić information content (AvgIpc) is 3.39. The van der Waals surface area contributed by atoms with Crippen LogP contribution >= 0.6 is 11.6 Å². The number of hydrogen-bond donors (Lipinski definition) is 1. The SMILES string of the molecule is COc1cc(C2CC(=O)Nc3c2ncn3-c2cccc(Cl)c2)c(OC)c2c1OCO2. The van der Waals surface area contributed by atoms with E-state index in [1.807, 2.05) is 28.8 Å². The lowest BCUT2D eigenvalue weighted by Crippen LogP contribution is -2.25. The predicted octanol–water partition coefficient (Wildman–Crippen LogP) is 3.75. The molecule has 8 nitrogen and oxygen atoms in total. The quantitative estimate of drug-likeness (QED) is 0.682. The summed E-state index contributed by atoms with van der Waals surface area (Å²) in [6.45, 7) is 0.0747. The second kappa shape index (κ2) is 7.14. The van der Waals surface area contributed by atoms with Gasteiger partial charge in [-0.3, -0.25) is 9.36 Å². The van der Waals surface area contributed by atoms with E-state index in [1.165, 1.54) is 0 Å². The van der Waals surface area contributed by atoms with Gasteiger partial charge in [-0.15, -0.1) is 0 Å². The van der Waals surface area contributed by atoms with Crippen molar-refractivity contribution in [1.29, 1.82) is 0 Å². The number of aromatic nitrogens is 2. The molecule has 1 amide bonds. The zero-order valence-corrected chi connectivity index (χ0v) is 17.0. The molecule has 2 aliphatic heterocycles. The largest absolute Gasteiger partial charge is 0.493 e. The number of halogens is 1. The van der Waals surface area contributed by atoms with E-state index in [1.54, 1.807) is 26.6 Å². The van der Waals surface area contributed by atoms with Gasteiger partial charge in [-0.25, -0.2) is 4.98 Å². The van der Waals surface area contributed by atoms with E-state index in [0.29, 0.717) is 39.5 Å². The van der Waals surface area contributed by atoms with Crippen molar-refractivity contribution in [2.75, 3.05) is 26.3 Å². The van der Waals surface area contributed by atoms with Crippen LogP contribution in [0.4, 0.5) is 5.82 Å². The molecule has 0 fully saturated rings. The summed E-state index contributed by atoms with van der Waals surface area (Å²) in [7, 11) is 3.11. The van der Waals surface area contributed by atoms with Gasteiger partial charge in [-0.1, -0.05) is 17.7 Å². The van der Waals surface area contributed by atoms with Crippen molar-refractivity contribution in [2.24, 2.45) is 0 Å². The van der Waals surface area contributed by atoms with Crippen LogP contribution < -0.4 is 24.3 Å². The van der Waals surface area contributed by atoms with Gasteiger partial charge in [0.2, 0.25) is 24.2 Å². The number of carbonyl (C=O) groups excluding carboxylic acids is 1. The number of ether oxygens (including phenoxy) is 4. The molecule has 0 saturated heterocycles. The maximum atomic E-state index is 12.6. The Kier molecular flexibility index (Phi) is 4.43. The van der Waals surface area contributed by atoms with Crippen LogP contribution in [0.5, 0.6) is 23.0 Å². The normalized spacial score (nSPS) is 16.8. The lowest BCUT2D eigenvalue weighted by molar-refractivity contribution is -0.116. The minimum absolute atomic E-state index is 0.0747. The number of amides is 1. The molecule has 3 heterocycles. The van der Waals surface area contributed by atoms with Gasteiger partial charge in [0.1, 0.15) is 12.1 Å². The number of hydrogen-bond acceptors (Lipinski definition) is 6. The van der Waals surface area contributed by atoms with Crippen LogP contribution in [0.25, 0.3) is 5.69 Å². The molecule has 1 atom stereocenters. The number of nitrogens with one attached hydrogen (secondary N) is 1. The molecule has 0 bridgehead atoms. The van der Waals surface area contributed by atoms with Crippen LogP contribution in [0.1, 0.15) is 23.6 Å². The summed E-state index contributed by atoms with van der Waals surface area (Å²) in [5.74, 6) is 2.09. The van der Waals surface area contributed by atoms with E-state index in [-0.39, 0.29) is 25.0 Å². The van der Waals surface area contributed by atoms with Crippen molar-refractivity contribution in [1.82, 2.24) is 9.55 Å². The van der Waals surface area contributed by atoms with Gasteiger partial charge in [0, 0.05) is 28.6 Å². The zero-order chi connectivity index (χ0) is 20.8. The highest BCUT2D eigenvalue weighted by molar-refractivity contribution is 6.30. The van der Waals surface area contributed by atoms with Crippen molar-refractivity contribution < 1.29 is 23.7 Å². The van der Waals surface area contributed by atoms with Gasteiger partial charge >= 0.3 is 0 Å². The molecule has 9 heteroatoms. The molecule has 5 rings (SSSR count). The van der Waals surface area contributed by atoms with E-state index >= 15 is 0 Å². The van der Waals surface area contributed by atoms with Crippen molar-refractivity contribution >= 4 is 23.3 Å². The summed E-state index contributed by atoms with van der Waals surface area (Å²) in [6, 6.07) is 9.16. The molecule has 30 heavy (non-hydrogen) atoms. The third kappa shape index (κ3) is 2.83. The third-order valence-corrected chi connectivity index (χ3v) is 5.49. The first kappa shape index (κ1) is 18.6. The number of rotatable bonds is 4. The molecular weight excluding hydrogens is 410 g/mol. The van der Waals surface area contributed by atoms with Gasteiger partial charge in [-0.2, -0.15) is 0 Å². The average molecular weight is 428 g/mol. The second-order valence-electron chi connectivity index (χ2n) is 6.90. The van der Waals surface area contributed by atoms with E-state index < -0.39 is 0 Å². The number of anilines is 1. The van der Waals surface area contributed by atoms with Crippen LogP contribution in [0.2, 0.25) is 5.02 Å². The summed E-state index contributed by atoms with van der Waals surface area (Å²) in [5.41, 5.74) is 2.26. The molecule has 0 aliphatic carbocycles. The Labute approximate surface area is 177 Å². The lowest BCUT2D eigenvalue weighted by Gasteiger charge is -2.25. The Morgan fingerprint density at radius 2 is 2.03 bits per heavy atom. The van der Waals surface area contributed by atoms with Crippen molar-refractivity contribution in [3.05, 3.63) is 52.9 Å². The van der Waals surface area contributed by atoms with Gasteiger partial charge in [0.05, 0.1) is 19.9 Å². The molecule has 0 saturated carbocycles. The molecular formula is C21H18ClN3O5. The van der Waals surface area contributed by atoms with Crippen LogP contribution in [-0.2, 0) is 4.79 Å².